The highest BCUT2D eigenvalue weighted by Crippen LogP contribution is 2.31. The Hall–Kier alpha value is -2.81. The zero-order chi connectivity index (χ0) is 18.6. The van der Waals surface area contributed by atoms with Crippen LogP contribution >= 0.6 is 11.8 Å². The van der Waals surface area contributed by atoms with Gasteiger partial charge in [-0.3, -0.25) is 4.79 Å². The molecule has 26 heavy (non-hydrogen) atoms. The van der Waals surface area contributed by atoms with Crippen LogP contribution in [0.4, 0.5) is 13.2 Å². The Kier molecular flexibility index (Phi) is 5.27. The number of rotatable bonds is 5. The van der Waals surface area contributed by atoms with Crippen molar-refractivity contribution < 1.29 is 18.0 Å². The summed E-state index contributed by atoms with van der Waals surface area (Å²) in [5.74, 6) is -0.422. The number of carbonyl (C=O) groups is 1. The number of amides is 1. The molecule has 0 aliphatic heterocycles. The molecule has 2 N–H and O–H groups in total. The summed E-state index contributed by atoms with van der Waals surface area (Å²) in [5.41, 5.74) is 2.93. The number of imidazole rings is 1. The molecule has 0 bridgehead atoms. The van der Waals surface area contributed by atoms with E-state index in [1.165, 1.54) is 30.0 Å². The third-order valence-corrected chi connectivity index (χ3v) is 4.24. The summed E-state index contributed by atoms with van der Waals surface area (Å²) in [6.07, 6.45) is -3.50. The molecular formula is C17H13F3N4OS. The SMILES string of the molecule is O=C(CSc1nc2ccccc2[nH]1)NN=Cc1ccccc1C(F)(F)F. The molecule has 1 aromatic heterocycles. The average Bonchev–Trinajstić information content (AvgIpc) is 3.02. The molecular weight excluding hydrogens is 365 g/mol. The molecule has 0 radical (unpaired) electrons. The molecule has 1 heterocycles. The fourth-order valence-electron chi connectivity index (χ4n) is 2.21. The minimum Gasteiger partial charge on any atom is -0.333 e. The number of carbonyl (C=O) groups excluding carboxylic acids is 1. The molecule has 0 atom stereocenters. The van der Waals surface area contributed by atoms with Gasteiger partial charge >= 0.3 is 6.18 Å². The number of nitrogens with zero attached hydrogens (tertiary/aromatic N) is 2. The Morgan fingerprint density at radius 1 is 1.19 bits per heavy atom. The van der Waals surface area contributed by atoms with Gasteiger partial charge in [0.1, 0.15) is 0 Å². The summed E-state index contributed by atoms with van der Waals surface area (Å²) >= 11 is 1.18. The van der Waals surface area contributed by atoms with Crippen molar-refractivity contribution >= 4 is 34.9 Å². The predicted octanol–water partition coefficient (Wildman–Crippen LogP) is 3.82. The van der Waals surface area contributed by atoms with E-state index in [1.54, 1.807) is 0 Å². The molecule has 0 aliphatic rings. The predicted molar refractivity (Wildman–Crippen MR) is 94.0 cm³/mol. The number of aromatic nitrogens is 2. The van der Waals surface area contributed by atoms with Gasteiger partial charge in [0.2, 0.25) is 0 Å². The highest BCUT2D eigenvalue weighted by molar-refractivity contribution is 7.99. The zero-order valence-electron chi connectivity index (χ0n) is 13.2. The normalized spacial score (nSPS) is 12.0. The Morgan fingerprint density at radius 3 is 2.69 bits per heavy atom. The Bertz CT molecular complexity index is 919. The van der Waals surface area contributed by atoms with Crippen molar-refractivity contribution in [3.8, 4) is 0 Å². The molecule has 0 spiro atoms. The first kappa shape index (κ1) is 18.0. The fraction of sp³-hybridized carbons (Fsp3) is 0.118. The van der Waals surface area contributed by atoms with Crippen LogP contribution in [0.25, 0.3) is 11.0 Å². The van der Waals surface area contributed by atoms with E-state index in [2.05, 4.69) is 20.5 Å². The molecule has 9 heteroatoms. The number of para-hydroxylation sites is 2. The van der Waals surface area contributed by atoms with Crippen LogP contribution in [0.1, 0.15) is 11.1 Å². The number of hydrazone groups is 1. The zero-order valence-corrected chi connectivity index (χ0v) is 14.1. The van der Waals surface area contributed by atoms with E-state index in [0.717, 1.165) is 23.3 Å². The highest BCUT2D eigenvalue weighted by atomic mass is 32.2. The van der Waals surface area contributed by atoms with E-state index in [-0.39, 0.29) is 11.3 Å². The molecule has 5 nitrogen and oxygen atoms in total. The minimum absolute atomic E-state index is 0.0259. The van der Waals surface area contributed by atoms with Gasteiger partial charge in [0, 0.05) is 5.56 Å². The van der Waals surface area contributed by atoms with Crippen molar-refractivity contribution in [2.24, 2.45) is 5.10 Å². The van der Waals surface area contributed by atoms with Crippen LogP contribution in [0, 0.1) is 0 Å². The van der Waals surface area contributed by atoms with Crippen LogP contribution in [-0.2, 0) is 11.0 Å². The number of hydrogen-bond donors (Lipinski definition) is 2. The molecule has 2 aromatic carbocycles. The van der Waals surface area contributed by atoms with Crippen molar-refractivity contribution in [3.05, 3.63) is 59.7 Å². The Balaban J connectivity index is 1.57. The first-order valence-corrected chi connectivity index (χ1v) is 8.48. The lowest BCUT2D eigenvalue weighted by Gasteiger charge is -2.09. The topological polar surface area (TPSA) is 70.1 Å². The first-order chi connectivity index (χ1) is 12.4. The number of fused-ring (bicyclic) bond motifs is 1. The standard InChI is InChI=1S/C17H13F3N4OS/c18-17(19,20)12-6-2-1-5-11(12)9-21-24-15(25)10-26-16-22-13-7-3-4-8-14(13)23-16/h1-9H,10H2,(H,22,23)(H,24,25). The lowest BCUT2D eigenvalue weighted by Crippen LogP contribution is -2.20. The van der Waals surface area contributed by atoms with Gasteiger partial charge in [-0.2, -0.15) is 18.3 Å². The van der Waals surface area contributed by atoms with E-state index in [0.29, 0.717) is 5.16 Å². The molecule has 0 unspecified atom stereocenters. The smallest absolute Gasteiger partial charge is 0.333 e. The van der Waals surface area contributed by atoms with E-state index in [4.69, 9.17) is 0 Å². The third-order valence-electron chi connectivity index (χ3n) is 3.37. The van der Waals surface area contributed by atoms with Crippen LogP contribution in [0.15, 0.2) is 58.8 Å². The number of hydrogen-bond acceptors (Lipinski definition) is 4. The number of thioether (sulfide) groups is 1. The van der Waals surface area contributed by atoms with E-state index < -0.39 is 17.6 Å². The third kappa shape index (κ3) is 4.42. The van der Waals surface area contributed by atoms with Crippen molar-refractivity contribution in [3.63, 3.8) is 0 Å². The van der Waals surface area contributed by atoms with Crippen molar-refractivity contribution in [1.29, 1.82) is 0 Å². The molecule has 1 amide bonds. The fourth-order valence-corrected chi connectivity index (χ4v) is 2.88. The first-order valence-electron chi connectivity index (χ1n) is 7.49. The lowest BCUT2D eigenvalue weighted by molar-refractivity contribution is -0.137. The number of aromatic amines is 1. The van der Waals surface area contributed by atoms with Crippen LogP contribution in [0.2, 0.25) is 0 Å². The lowest BCUT2D eigenvalue weighted by atomic mass is 10.1. The van der Waals surface area contributed by atoms with Crippen LogP contribution in [0.3, 0.4) is 0 Å². The summed E-state index contributed by atoms with van der Waals surface area (Å²) < 4.78 is 38.6. The number of nitrogens with one attached hydrogen (secondary N) is 2. The van der Waals surface area contributed by atoms with Crippen LogP contribution < -0.4 is 5.43 Å². The molecule has 3 aromatic rings. The summed E-state index contributed by atoms with van der Waals surface area (Å²) in [6, 6.07) is 12.4. The maximum atomic E-state index is 12.9. The Labute approximate surface area is 150 Å². The molecule has 0 fully saturated rings. The summed E-state index contributed by atoms with van der Waals surface area (Å²) in [7, 11) is 0. The number of H-pyrrole nitrogens is 1. The second kappa shape index (κ2) is 7.61. The maximum absolute atomic E-state index is 12.9. The molecule has 0 saturated carbocycles. The molecule has 0 aliphatic carbocycles. The number of benzene rings is 2. The van der Waals surface area contributed by atoms with Gasteiger partial charge in [-0.05, 0) is 18.2 Å². The molecule has 3 rings (SSSR count). The van der Waals surface area contributed by atoms with E-state index in [1.807, 2.05) is 24.3 Å². The van der Waals surface area contributed by atoms with Gasteiger partial charge in [-0.1, -0.05) is 42.1 Å². The van der Waals surface area contributed by atoms with Gasteiger partial charge in [-0.15, -0.1) is 0 Å². The summed E-state index contributed by atoms with van der Waals surface area (Å²) in [6.45, 7) is 0. The summed E-state index contributed by atoms with van der Waals surface area (Å²) in [4.78, 5) is 19.2. The van der Waals surface area contributed by atoms with Crippen molar-refractivity contribution in [1.82, 2.24) is 15.4 Å². The van der Waals surface area contributed by atoms with Crippen LogP contribution in [-0.4, -0.2) is 27.8 Å². The van der Waals surface area contributed by atoms with Gasteiger partial charge in [0.05, 0.1) is 28.6 Å². The quantitative estimate of drug-likeness (QED) is 0.403. The monoisotopic (exact) mass is 378 g/mol. The number of halogens is 3. The van der Waals surface area contributed by atoms with Gasteiger partial charge in [-0.25, -0.2) is 10.4 Å². The molecule has 0 saturated heterocycles. The van der Waals surface area contributed by atoms with Crippen LogP contribution in [0.5, 0.6) is 0 Å². The second-order valence-corrected chi connectivity index (χ2v) is 6.19. The van der Waals surface area contributed by atoms with Gasteiger partial charge in [0.15, 0.2) is 5.16 Å². The van der Waals surface area contributed by atoms with Gasteiger partial charge in [0.25, 0.3) is 5.91 Å². The Morgan fingerprint density at radius 2 is 1.92 bits per heavy atom. The van der Waals surface area contributed by atoms with Crippen molar-refractivity contribution in [2.45, 2.75) is 11.3 Å². The molecule has 134 valence electrons. The van der Waals surface area contributed by atoms with E-state index in [9.17, 15) is 18.0 Å². The van der Waals surface area contributed by atoms with Crippen molar-refractivity contribution in [2.75, 3.05) is 5.75 Å². The largest absolute Gasteiger partial charge is 0.417 e. The number of alkyl halides is 3. The average molecular weight is 378 g/mol. The van der Waals surface area contributed by atoms with Gasteiger partial charge < -0.3 is 4.98 Å². The minimum atomic E-state index is -4.48. The highest BCUT2D eigenvalue weighted by Gasteiger charge is 2.32. The maximum Gasteiger partial charge on any atom is 0.417 e. The summed E-state index contributed by atoms with van der Waals surface area (Å²) in [5, 5.41) is 4.18. The van der Waals surface area contributed by atoms with E-state index >= 15 is 0 Å². The second-order valence-electron chi connectivity index (χ2n) is 5.23.